The number of nitrogens with one attached hydrogen (secondary N) is 1. The Bertz CT molecular complexity index is 628. The third kappa shape index (κ3) is 3.27. The first-order valence-corrected chi connectivity index (χ1v) is 8.44. The van der Waals surface area contributed by atoms with Gasteiger partial charge in [0, 0.05) is 25.3 Å². The lowest BCUT2D eigenvalue weighted by Gasteiger charge is -2.18. The highest BCUT2D eigenvalue weighted by Crippen LogP contribution is 2.23. The molecular weight excluding hydrogens is 296 g/mol. The lowest BCUT2D eigenvalue weighted by Crippen LogP contribution is -2.31. The summed E-state index contributed by atoms with van der Waals surface area (Å²) in [6.07, 6.45) is 1.85. The van der Waals surface area contributed by atoms with Crippen LogP contribution in [0.15, 0.2) is 30.3 Å². The summed E-state index contributed by atoms with van der Waals surface area (Å²) in [4.78, 5) is 15.2. The molecule has 1 aliphatic rings. The fraction of sp³-hybridized carbons (Fsp3) is 0.438. The zero-order chi connectivity index (χ0) is 15.4. The van der Waals surface area contributed by atoms with Gasteiger partial charge >= 0.3 is 0 Å². The maximum Gasteiger partial charge on any atom is 0.264 e. The summed E-state index contributed by atoms with van der Waals surface area (Å²) in [7, 11) is 0. The first kappa shape index (κ1) is 15.0. The third-order valence-electron chi connectivity index (χ3n) is 4.06. The maximum atomic E-state index is 12.2. The molecule has 1 unspecified atom stereocenters. The summed E-state index contributed by atoms with van der Waals surface area (Å²) in [6.45, 7) is 4.74. The van der Waals surface area contributed by atoms with Gasteiger partial charge in [0.05, 0.1) is 5.69 Å². The van der Waals surface area contributed by atoms with Crippen LogP contribution in [0.3, 0.4) is 0 Å². The van der Waals surface area contributed by atoms with Crippen LogP contribution in [0.5, 0.6) is 0 Å². The molecule has 3 rings (SSSR count). The van der Waals surface area contributed by atoms with Gasteiger partial charge in [0.15, 0.2) is 0 Å². The monoisotopic (exact) mass is 316 g/mol. The summed E-state index contributed by atoms with van der Waals surface area (Å²) >= 11 is 1.18. The highest BCUT2D eigenvalue weighted by Gasteiger charge is 2.24. The SMILES string of the molecule is CCc1nnsc1C(=O)NCC1CCN(c2ccccc2)C1. The van der Waals surface area contributed by atoms with E-state index < -0.39 is 0 Å². The number of carbonyl (C=O) groups excluding carboxylic acids is 1. The lowest BCUT2D eigenvalue weighted by molar-refractivity contribution is 0.0951. The number of anilines is 1. The van der Waals surface area contributed by atoms with Crippen molar-refractivity contribution in [3.05, 3.63) is 40.9 Å². The number of hydrogen-bond donors (Lipinski definition) is 1. The minimum absolute atomic E-state index is 0.0370. The summed E-state index contributed by atoms with van der Waals surface area (Å²) in [5.41, 5.74) is 2.05. The molecule has 5 nitrogen and oxygen atoms in total. The van der Waals surface area contributed by atoms with E-state index in [9.17, 15) is 4.79 Å². The molecule has 116 valence electrons. The van der Waals surface area contributed by atoms with Crippen molar-refractivity contribution in [2.24, 2.45) is 5.92 Å². The summed E-state index contributed by atoms with van der Waals surface area (Å²) < 4.78 is 3.87. The second-order valence-electron chi connectivity index (χ2n) is 5.55. The predicted molar refractivity (Wildman–Crippen MR) is 88.4 cm³/mol. The highest BCUT2D eigenvalue weighted by atomic mass is 32.1. The zero-order valence-electron chi connectivity index (χ0n) is 12.7. The van der Waals surface area contributed by atoms with E-state index in [1.54, 1.807) is 0 Å². The molecule has 0 radical (unpaired) electrons. The fourth-order valence-electron chi connectivity index (χ4n) is 2.80. The minimum Gasteiger partial charge on any atom is -0.371 e. The summed E-state index contributed by atoms with van der Waals surface area (Å²) in [5, 5.41) is 7.03. The van der Waals surface area contributed by atoms with Gasteiger partial charge in [-0.3, -0.25) is 4.79 Å². The Balaban J connectivity index is 1.52. The molecule has 2 aromatic rings. The molecule has 1 aromatic carbocycles. The normalized spacial score (nSPS) is 17.7. The Morgan fingerprint density at radius 1 is 1.41 bits per heavy atom. The van der Waals surface area contributed by atoms with Crippen molar-refractivity contribution in [3.8, 4) is 0 Å². The molecule has 0 spiro atoms. The fourth-order valence-corrected chi connectivity index (χ4v) is 3.47. The van der Waals surface area contributed by atoms with Crippen LogP contribution in [0.1, 0.15) is 28.7 Å². The number of para-hydroxylation sites is 1. The van der Waals surface area contributed by atoms with Crippen molar-refractivity contribution < 1.29 is 4.79 Å². The van der Waals surface area contributed by atoms with Crippen LogP contribution in [0.4, 0.5) is 5.69 Å². The molecule has 1 aromatic heterocycles. The second kappa shape index (κ2) is 6.87. The second-order valence-corrected chi connectivity index (χ2v) is 6.30. The van der Waals surface area contributed by atoms with E-state index in [4.69, 9.17) is 0 Å². The summed E-state index contributed by atoms with van der Waals surface area (Å²) in [5.74, 6) is 0.458. The Morgan fingerprint density at radius 3 is 3.00 bits per heavy atom. The first-order chi connectivity index (χ1) is 10.8. The average Bonchev–Trinajstić information content (AvgIpc) is 3.22. The molecule has 1 saturated heterocycles. The number of nitrogens with zero attached hydrogens (tertiary/aromatic N) is 3. The van der Waals surface area contributed by atoms with E-state index in [0.29, 0.717) is 17.3 Å². The van der Waals surface area contributed by atoms with Gasteiger partial charge in [-0.15, -0.1) is 5.10 Å². The largest absolute Gasteiger partial charge is 0.371 e. The molecule has 1 N–H and O–H groups in total. The Kier molecular flexibility index (Phi) is 4.68. The number of amides is 1. The molecule has 1 amide bonds. The van der Waals surface area contributed by atoms with Crippen LogP contribution in [0.2, 0.25) is 0 Å². The third-order valence-corrected chi connectivity index (χ3v) is 4.82. The van der Waals surface area contributed by atoms with Crippen molar-refractivity contribution in [3.63, 3.8) is 0 Å². The van der Waals surface area contributed by atoms with Gasteiger partial charge in [0.2, 0.25) is 0 Å². The van der Waals surface area contributed by atoms with Gasteiger partial charge in [0.1, 0.15) is 4.88 Å². The van der Waals surface area contributed by atoms with Crippen LogP contribution in [-0.2, 0) is 6.42 Å². The molecule has 1 fully saturated rings. The molecule has 2 heterocycles. The van der Waals surface area contributed by atoms with Gasteiger partial charge in [-0.25, -0.2) is 0 Å². The molecule has 22 heavy (non-hydrogen) atoms. The van der Waals surface area contributed by atoms with Gasteiger partial charge in [-0.2, -0.15) is 0 Å². The molecule has 1 aliphatic heterocycles. The molecule has 0 aliphatic carbocycles. The predicted octanol–water partition coefficient (Wildman–Crippen LogP) is 2.36. The van der Waals surface area contributed by atoms with Gasteiger partial charge in [0.25, 0.3) is 5.91 Å². The van der Waals surface area contributed by atoms with Gasteiger partial charge in [-0.05, 0) is 42.4 Å². The van der Waals surface area contributed by atoms with Crippen LogP contribution in [-0.4, -0.2) is 35.1 Å². The van der Waals surface area contributed by atoms with Crippen molar-refractivity contribution >= 4 is 23.1 Å². The highest BCUT2D eigenvalue weighted by molar-refractivity contribution is 7.08. The van der Waals surface area contributed by atoms with E-state index in [2.05, 4.69) is 44.1 Å². The van der Waals surface area contributed by atoms with Crippen LogP contribution in [0, 0.1) is 5.92 Å². The van der Waals surface area contributed by atoms with E-state index in [-0.39, 0.29) is 5.91 Å². The van der Waals surface area contributed by atoms with E-state index in [1.165, 1.54) is 17.2 Å². The van der Waals surface area contributed by atoms with Gasteiger partial charge < -0.3 is 10.2 Å². The summed E-state index contributed by atoms with van der Waals surface area (Å²) in [6, 6.07) is 10.4. The minimum atomic E-state index is -0.0370. The number of rotatable bonds is 5. The quantitative estimate of drug-likeness (QED) is 0.920. The van der Waals surface area contributed by atoms with Crippen LogP contribution >= 0.6 is 11.5 Å². The Labute approximate surface area is 134 Å². The lowest BCUT2D eigenvalue weighted by atomic mass is 10.1. The topological polar surface area (TPSA) is 58.1 Å². The standard InChI is InChI=1S/C16H20N4OS/c1-2-14-15(22-19-18-14)16(21)17-10-12-8-9-20(11-12)13-6-4-3-5-7-13/h3-7,12H,2,8-11H2,1H3,(H,17,21). The van der Waals surface area contributed by atoms with Crippen LogP contribution in [0.25, 0.3) is 0 Å². The molecule has 1 atom stereocenters. The number of aryl methyl sites for hydroxylation is 1. The van der Waals surface area contributed by atoms with Gasteiger partial charge in [-0.1, -0.05) is 29.6 Å². The van der Waals surface area contributed by atoms with Crippen molar-refractivity contribution in [1.29, 1.82) is 0 Å². The number of aromatic nitrogens is 2. The first-order valence-electron chi connectivity index (χ1n) is 7.67. The van der Waals surface area contributed by atoms with Crippen LogP contribution < -0.4 is 10.2 Å². The van der Waals surface area contributed by atoms with Crippen molar-refractivity contribution in [1.82, 2.24) is 14.9 Å². The number of carbonyl (C=O) groups is 1. The van der Waals surface area contributed by atoms with Crippen molar-refractivity contribution in [2.75, 3.05) is 24.5 Å². The molecular formula is C16H20N4OS. The molecule has 6 heteroatoms. The Hall–Kier alpha value is -1.95. The van der Waals surface area contributed by atoms with E-state index in [1.807, 2.05) is 13.0 Å². The smallest absolute Gasteiger partial charge is 0.264 e. The average molecular weight is 316 g/mol. The number of hydrogen-bond acceptors (Lipinski definition) is 5. The molecule has 0 saturated carbocycles. The zero-order valence-corrected chi connectivity index (χ0v) is 13.5. The molecule has 0 bridgehead atoms. The van der Waals surface area contributed by atoms with E-state index in [0.717, 1.165) is 31.6 Å². The van der Waals surface area contributed by atoms with E-state index >= 15 is 0 Å². The number of benzene rings is 1. The Morgan fingerprint density at radius 2 is 2.23 bits per heavy atom. The maximum absolute atomic E-state index is 12.2. The van der Waals surface area contributed by atoms with Crippen molar-refractivity contribution in [2.45, 2.75) is 19.8 Å².